The van der Waals surface area contributed by atoms with Crippen molar-refractivity contribution in [3.63, 3.8) is 0 Å². The second-order valence-electron chi connectivity index (χ2n) is 6.08. The van der Waals surface area contributed by atoms with Crippen LogP contribution >= 0.6 is 0 Å². The largest absolute Gasteiger partial charge is 0.487 e. The molecule has 5 heteroatoms. The molecule has 5 heterocycles. The fourth-order valence-corrected chi connectivity index (χ4v) is 3.50. The smallest absolute Gasteiger partial charge is 0.200 e. The van der Waals surface area contributed by atoms with Crippen LogP contribution in [-0.4, -0.2) is 24.1 Å². The molecule has 1 unspecified atom stereocenters. The first-order valence-electron chi connectivity index (χ1n) is 7.02. The van der Waals surface area contributed by atoms with Crippen LogP contribution < -0.4 is 4.74 Å². The highest BCUT2D eigenvalue weighted by Crippen LogP contribution is 2.54. The van der Waals surface area contributed by atoms with Gasteiger partial charge in [0.15, 0.2) is 17.9 Å². The van der Waals surface area contributed by atoms with E-state index in [0.29, 0.717) is 0 Å². The zero-order valence-electron chi connectivity index (χ0n) is 11.0. The Morgan fingerprint density at radius 1 is 1.15 bits per heavy atom. The summed E-state index contributed by atoms with van der Waals surface area (Å²) in [7, 11) is 0. The molecule has 0 aromatic heterocycles. The highest BCUT2D eigenvalue weighted by atomic mass is 19.2. The first kappa shape index (κ1) is 12.5. The minimum atomic E-state index is -0.939. The van der Waals surface area contributed by atoms with E-state index in [1.165, 1.54) is 12.1 Å². The van der Waals surface area contributed by atoms with Gasteiger partial charge in [0, 0.05) is 6.42 Å². The summed E-state index contributed by atoms with van der Waals surface area (Å²) in [6.07, 6.45) is 4.40. The highest BCUT2D eigenvalue weighted by Gasteiger charge is 2.58. The molecular weight excluding hydrogens is 266 g/mol. The summed E-state index contributed by atoms with van der Waals surface area (Å²) in [5.74, 6) is -1.89. The van der Waals surface area contributed by atoms with E-state index in [1.54, 1.807) is 0 Å². The molecule has 0 radical (unpaired) electrons. The third-order valence-electron chi connectivity index (χ3n) is 4.78. The zero-order valence-corrected chi connectivity index (χ0v) is 11.0. The SMILES string of the molecule is Fc1cccc(OCC23CCC4(CC2)CC(O3)O4)c1F. The molecule has 1 aromatic rings. The van der Waals surface area contributed by atoms with Crippen LogP contribution in [0.5, 0.6) is 5.75 Å². The van der Waals surface area contributed by atoms with Crippen molar-refractivity contribution in [2.75, 3.05) is 6.61 Å². The van der Waals surface area contributed by atoms with Crippen molar-refractivity contribution < 1.29 is 23.0 Å². The molecule has 5 saturated heterocycles. The standard InChI is InChI=1S/C15H16F2O3/c16-10-2-1-3-11(13(10)17)18-9-15-6-4-14(5-7-15)8-12(19-14)20-15/h1-3,12H,4-9H2. The lowest BCUT2D eigenvalue weighted by atomic mass is 9.74. The van der Waals surface area contributed by atoms with E-state index < -0.39 is 17.2 Å². The number of rotatable bonds is 3. The zero-order chi connectivity index (χ0) is 13.8. The van der Waals surface area contributed by atoms with Gasteiger partial charge in [0.2, 0.25) is 5.82 Å². The molecule has 1 saturated carbocycles. The summed E-state index contributed by atoms with van der Waals surface area (Å²) in [5.41, 5.74) is -0.394. The van der Waals surface area contributed by atoms with E-state index >= 15 is 0 Å². The summed E-state index contributed by atoms with van der Waals surface area (Å²) >= 11 is 0. The van der Waals surface area contributed by atoms with E-state index in [2.05, 4.69) is 0 Å². The van der Waals surface area contributed by atoms with Crippen molar-refractivity contribution >= 4 is 0 Å². The second-order valence-corrected chi connectivity index (χ2v) is 6.08. The van der Waals surface area contributed by atoms with Gasteiger partial charge in [-0.25, -0.2) is 4.39 Å². The van der Waals surface area contributed by atoms with Gasteiger partial charge in [-0.3, -0.25) is 0 Å². The number of ether oxygens (including phenoxy) is 3. The number of halogens is 2. The Labute approximate surface area is 115 Å². The minimum Gasteiger partial charge on any atom is -0.487 e. The maximum Gasteiger partial charge on any atom is 0.200 e. The average molecular weight is 282 g/mol. The number of hydrogen-bond acceptors (Lipinski definition) is 3. The third-order valence-corrected chi connectivity index (χ3v) is 4.78. The van der Waals surface area contributed by atoms with Crippen LogP contribution in [0.2, 0.25) is 0 Å². The number of hydrogen-bond donors (Lipinski definition) is 0. The Morgan fingerprint density at radius 2 is 1.90 bits per heavy atom. The predicted molar refractivity (Wildman–Crippen MR) is 66.4 cm³/mol. The van der Waals surface area contributed by atoms with Crippen LogP contribution in [0.15, 0.2) is 18.2 Å². The van der Waals surface area contributed by atoms with Crippen molar-refractivity contribution in [2.45, 2.75) is 49.6 Å². The van der Waals surface area contributed by atoms with Gasteiger partial charge in [-0.05, 0) is 37.8 Å². The van der Waals surface area contributed by atoms with E-state index in [1.807, 2.05) is 0 Å². The Kier molecular flexibility index (Phi) is 2.60. The van der Waals surface area contributed by atoms with Gasteiger partial charge in [-0.1, -0.05) is 6.07 Å². The number of benzene rings is 1. The van der Waals surface area contributed by atoms with E-state index in [0.717, 1.165) is 38.2 Å². The molecule has 108 valence electrons. The van der Waals surface area contributed by atoms with Crippen LogP contribution in [0.4, 0.5) is 8.78 Å². The normalized spacial score (nSPS) is 38.2. The minimum absolute atomic E-state index is 0.0226. The summed E-state index contributed by atoms with van der Waals surface area (Å²) in [5, 5.41) is 0. The van der Waals surface area contributed by atoms with Gasteiger partial charge in [0.1, 0.15) is 12.2 Å². The van der Waals surface area contributed by atoms with Crippen molar-refractivity contribution in [3.05, 3.63) is 29.8 Å². The first-order valence-corrected chi connectivity index (χ1v) is 7.02. The summed E-state index contributed by atoms with van der Waals surface area (Å²) in [4.78, 5) is 0. The average Bonchev–Trinajstić information content (AvgIpc) is 2.80. The van der Waals surface area contributed by atoms with E-state index in [9.17, 15) is 8.78 Å². The fourth-order valence-electron chi connectivity index (χ4n) is 3.50. The van der Waals surface area contributed by atoms with Gasteiger partial charge in [0.25, 0.3) is 0 Å². The van der Waals surface area contributed by atoms with E-state index in [-0.39, 0.29) is 24.2 Å². The van der Waals surface area contributed by atoms with Crippen LogP contribution in [0, 0.1) is 11.6 Å². The monoisotopic (exact) mass is 282 g/mol. The molecule has 0 N–H and O–H groups in total. The van der Waals surface area contributed by atoms with Gasteiger partial charge in [-0.2, -0.15) is 4.39 Å². The Hall–Kier alpha value is -1.20. The molecular formula is C15H16F2O3. The van der Waals surface area contributed by atoms with Crippen molar-refractivity contribution in [3.8, 4) is 5.75 Å². The maximum absolute atomic E-state index is 13.6. The predicted octanol–water partition coefficient (Wildman–Crippen LogP) is 3.17. The van der Waals surface area contributed by atoms with Crippen molar-refractivity contribution in [1.29, 1.82) is 0 Å². The molecule has 1 aromatic carbocycles. The second kappa shape index (κ2) is 4.15. The van der Waals surface area contributed by atoms with E-state index in [4.69, 9.17) is 14.2 Å². The Bertz CT molecular complexity index is 530. The lowest BCUT2D eigenvalue weighted by molar-refractivity contribution is -0.298. The molecule has 3 bridgehead atoms. The molecule has 1 atom stereocenters. The summed E-state index contributed by atoms with van der Waals surface area (Å²) in [6.45, 7) is 0.239. The molecule has 1 spiro atoms. The maximum atomic E-state index is 13.6. The Balaban J connectivity index is 1.50. The highest BCUT2D eigenvalue weighted by molar-refractivity contribution is 5.25. The molecule has 3 nitrogen and oxygen atoms in total. The lowest BCUT2D eigenvalue weighted by Crippen LogP contribution is -2.48. The van der Waals surface area contributed by atoms with Gasteiger partial charge in [0.05, 0.1) is 5.60 Å². The summed E-state index contributed by atoms with van der Waals surface area (Å²) in [6, 6.07) is 3.96. The lowest BCUT2D eigenvalue weighted by Gasteiger charge is -2.44. The molecule has 1 aliphatic carbocycles. The van der Waals surface area contributed by atoms with Crippen LogP contribution in [0.25, 0.3) is 0 Å². The fraction of sp³-hybridized carbons (Fsp3) is 0.600. The summed E-state index contributed by atoms with van der Waals surface area (Å²) < 4.78 is 44.0. The topological polar surface area (TPSA) is 27.7 Å². The quantitative estimate of drug-likeness (QED) is 0.852. The molecule has 5 aliphatic heterocycles. The van der Waals surface area contributed by atoms with Crippen LogP contribution in [-0.2, 0) is 9.47 Å². The van der Waals surface area contributed by atoms with Crippen LogP contribution in [0.3, 0.4) is 0 Å². The van der Waals surface area contributed by atoms with Gasteiger partial charge >= 0.3 is 0 Å². The van der Waals surface area contributed by atoms with Gasteiger partial charge in [-0.15, -0.1) is 0 Å². The van der Waals surface area contributed by atoms with Crippen LogP contribution in [0.1, 0.15) is 32.1 Å². The van der Waals surface area contributed by atoms with Crippen molar-refractivity contribution in [2.24, 2.45) is 0 Å². The molecule has 0 amide bonds. The van der Waals surface area contributed by atoms with Gasteiger partial charge < -0.3 is 14.2 Å². The Morgan fingerprint density at radius 3 is 2.65 bits per heavy atom. The first-order chi connectivity index (χ1) is 9.60. The molecule has 6 fully saturated rings. The molecule has 7 rings (SSSR count). The third kappa shape index (κ3) is 1.84. The molecule has 20 heavy (non-hydrogen) atoms. The van der Waals surface area contributed by atoms with Crippen molar-refractivity contribution in [1.82, 2.24) is 0 Å². The molecule has 6 aliphatic rings.